The number of halogens is 1. The van der Waals surface area contributed by atoms with Gasteiger partial charge in [-0.3, -0.25) is 4.79 Å². The second-order valence-corrected chi connectivity index (χ2v) is 6.28. The van der Waals surface area contributed by atoms with E-state index in [-0.39, 0.29) is 11.9 Å². The van der Waals surface area contributed by atoms with Crippen LogP contribution in [0.2, 0.25) is 5.02 Å². The van der Waals surface area contributed by atoms with Crippen LogP contribution < -0.4 is 19.7 Å². The Kier molecular flexibility index (Phi) is 7.10. The molecule has 2 N–H and O–H groups in total. The molecule has 0 aromatic heterocycles. The summed E-state index contributed by atoms with van der Waals surface area (Å²) in [5.41, 5.74) is 0.724. The lowest BCUT2D eigenvalue weighted by Crippen LogP contribution is -3.14. The molecule has 2 aromatic carbocycles. The summed E-state index contributed by atoms with van der Waals surface area (Å²) in [5.74, 6) is 1.44. The van der Waals surface area contributed by atoms with Gasteiger partial charge in [-0.1, -0.05) is 17.7 Å². The zero-order valence-corrected chi connectivity index (χ0v) is 15.5. The number of amides is 1. The Labute approximate surface area is 153 Å². The molecular formula is C19H24ClN2O3+. The predicted molar refractivity (Wildman–Crippen MR) is 99.8 cm³/mol. The van der Waals surface area contributed by atoms with E-state index in [1.54, 1.807) is 25.3 Å². The number of benzene rings is 2. The van der Waals surface area contributed by atoms with Crippen LogP contribution >= 0.6 is 11.6 Å². The molecular weight excluding hydrogens is 340 g/mol. The summed E-state index contributed by atoms with van der Waals surface area (Å²) in [6, 6.07) is 14.3. The number of nitrogens with one attached hydrogen (secondary N) is 2. The highest BCUT2D eigenvalue weighted by Gasteiger charge is 2.21. The van der Waals surface area contributed by atoms with Crippen molar-refractivity contribution in [2.24, 2.45) is 0 Å². The summed E-state index contributed by atoms with van der Waals surface area (Å²) in [6.45, 7) is 3.12. The highest BCUT2D eigenvalue weighted by Crippen LogP contribution is 2.17. The van der Waals surface area contributed by atoms with E-state index in [2.05, 4.69) is 5.32 Å². The van der Waals surface area contributed by atoms with Crippen LogP contribution in [0.3, 0.4) is 0 Å². The van der Waals surface area contributed by atoms with Crippen molar-refractivity contribution in [1.29, 1.82) is 0 Å². The van der Waals surface area contributed by atoms with Gasteiger partial charge >= 0.3 is 0 Å². The van der Waals surface area contributed by atoms with Crippen LogP contribution in [-0.2, 0) is 4.79 Å². The molecule has 2 rings (SSSR count). The molecule has 1 unspecified atom stereocenters. The number of carbonyl (C=O) groups excluding carboxylic acids is 1. The van der Waals surface area contributed by atoms with Crippen LogP contribution in [0.1, 0.15) is 6.92 Å². The Morgan fingerprint density at radius 1 is 1.20 bits per heavy atom. The number of likely N-dealkylation sites (N-methyl/N-ethyl adjacent to an activating group) is 1. The maximum Gasteiger partial charge on any atom is 0.282 e. The van der Waals surface area contributed by atoms with Crippen molar-refractivity contribution in [2.45, 2.75) is 13.0 Å². The van der Waals surface area contributed by atoms with Crippen molar-refractivity contribution < 1.29 is 19.2 Å². The van der Waals surface area contributed by atoms with Crippen LogP contribution in [0.5, 0.6) is 11.5 Å². The summed E-state index contributed by atoms with van der Waals surface area (Å²) in [4.78, 5) is 13.5. The van der Waals surface area contributed by atoms with Gasteiger partial charge in [-0.25, -0.2) is 0 Å². The summed E-state index contributed by atoms with van der Waals surface area (Å²) in [6.07, 6.45) is 0. The van der Waals surface area contributed by atoms with Gasteiger partial charge in [0, 0.05) is 16.8 Å². The Morgan fingerprint density at radius 3 is 2.60 bits per heavy atom. The monoisotopic (exact) mass is 363 g/mol. The van der Waals surface area contributed by atoms with Crippen molar-refractivity contribution in [3.63, 3.8) is 0 Å². The Hall–Kier alpha value is -2.24. The first-order valence-corrected chi connectivity index (χ1v) is 8.53. The molecule has 2 aromatic rings. The normalized spacial score (nSPS) is 13.0. The topological polar surface area (TPSA) is 52.0 Å². The van der Waals surface area contributed by atoms with Gasteiger partial charge in [-0.15, -0.1) is 0 Å². The fourth-order valence-electron chi connectivity index (χ4n) is 2.25. The second kappa shape index (κ2) is 9.30. The van der Waals surface area contributed by atoms with Crippen molar-refractivity contribution in [3.05, 3.63) is 53.6 Å². The van der Waals surface area contributed by atoms with Crippen LogP contribution in [0, 0.1) is 0 Å². The Morgan fingerprint density at radius 2 is 1.92 bits per heavy atom. The highest BCUT2D eigenvalue weighted by atomic mass is 35.5. The minimum atomic E-state index is -0.208. The van der Waals surface area contributed by atoms with Gasteiger partial charge in [0.15, 0.2) is 6.04 Å². The molecule has 0 aliphatic heterocycles. The van der Waals surface area contributed by atoms with E-state index in [9.17, 15) is 4.79 Å². The fourth-order valence-corrected chi connectivity index (χ4v) is 2.38. The molecule has 5 nitrogen and oxygen atoms in total. The smallest absolute Gasteiger partial charge is 0.282 e. The van der Waals surface area contributed by atoms with Crippen LogP contribution in [0.15, 0.2) is 48.5 Å². The first-order chi connectivity index (χ1) is 12.0. The number of carbonyl (C=O) groups is 1. The average molecular weight is 364 g/mol. The van der Waals surface area contributed by atoms with Gasteiger partial charge < -0.3 is 19.7 Å². The molecule has 0 heterocycles. The molecule has 0 spiro atoms. The Bertz CT molecular complexity index is 691. The van der Waals surface area contributed by atoms with E-state index in [0.29, 0.717) is 23.9 Å². The van der Waals surface area contributed by atoms with E-state index in [1.807, 2.05) is 44.3 Å². The molecule has 0 bridgehead atoms. The van der Waals surface area contributed by atoms with Crippen LogP contribution in [0.25, 0.3) is 0 Å². The number of quaternary nitrogens is 1. The maximum atomic E-state index is 12.4. The molecule has 6 heteroatoms. The largest absolute Gasteiger partial charge is 0.497 e. The maximum absolute atomic E-state index is 12.4. The lowest BCUT2D eigenvalue weighted by molar-refractivity contribution is -0.894. The number of hydrogen-bond acceptors (Lipinski definition) is 3. The quantitative estimate of drug-likeness (QED) is 0.756. The molecule has 0 aliphatic rings. The molecule has 0 fully saturated rings. The summed E-state index contributed by atoms with van der Waals surface area (Å²) in [5, 5.41) is 3.60. The lowest BCUT2D eigenvalue weighted by atomic mass is 10.2. The van der Waals surface area contributed by atoms with Crippen molar-refractivity contribution in [2.75, 3.05) is 32.6 Å². The summed E-state index contributed by atoms with van der Waals surface area (Å²) in [7, 11) is 3.57. The number of anilines is 1. The third-order valence-corrected chi connectivity index (χ3v) is 4.30. The van der Waals surface area contributed by atoms with Gasteiger partial charge in [0.2, 0.25) is 0 Å². The Balaban J connectivity index is 1.80. The first-order valence-electron chi connectivity index (χ1n) is 8.15. The zero-order chi connectivity index (χ0) is 18.2. The molecule has 25 heavy (non-hydrogen) atoms. The third-order valence-electron chi connectivity index (χ3n) is 4.05. The number of ether oxygens (including phenoxy) is 2. The van der Waals surface area contributed by atoms with Gasteiger partial charge in [0.1, 0.15) is 24.7 Å². The van der Waals surface area contributed by atoms with Crippen molar-refractivity contribution in [3.8, 4) is 11.5 Å². The summed E-state index contributed by atoms with van der Waals surface area (Å²) >= 11 is 5.85. The SMILES string of the molecule is COc1cccc(NC(=O)[C@H](C)[NH+](C)CCOc2ccc(Cl)cc2)c1. The van der Waals surface area contributed by atoms with Crippen molar-refractivity contribution >= 4 is 23.2 Å². The molecule has 0 radical (unpaired) electrons. The second-order valence-electron chi connectivity index (χ2n) is 5.84. The predicted octanol–water partition coefficient (Wildman–Crippen LogP) is 2.27. The molecule has 2 atom stereocenters. The minimum Gasteiger partial charge on any atom is -0.497 e. The zero-order valence-electron chi connectivity index (χ0n) is 14.7. The number of rotatable bonds is 8. The first kappa shape index (κ1) is 19.1. The number of methoxy groups -OCH3 is 1. The van der Waals surface area contributed by atoms with Gasteiger partial charge in [-0.05, 0) is 43.3 Å². The summed E-state index contributed by atoms with van der Waals surface area (Å²) < 4.78 is 10.8. The van der Waals surface area contributed by atoms with Gasteiger partial charge in [0.25, 0.3) is 5.91 Å². The standard InChI is InChI=1S/C19H23ClN2O3/c1-14(19(23)21-16-5-4-6-18(13-16)24-3)22(2)11-12-25-17-9-7-15(20)8-10-17/h4-10,13-14H,11-12H2,1-3H3,(H,21,23)/p+1/t14-/m0/s1. The van der Waals surface area contributed by atoms with E-state index < -0.39 is 0 Å². The van der Waals surface area contributed by atoms with E-state index in [4.69, 9.17) is 21.1 Å². The van der Waals surface area contributed by atoms with Crippen LogP contribution in [-0.4, -0.2) is 39.3 Å². The fraction of sp³-hybridized carbons (Fsp3) is 0.316. The van der Waals surface area contributed by atoms with E-state index in [0.717, 1.165) is 16.3 Å². The molecule has 134 valence electrons. The molecule has 0 aliphatic carbocycles. The molecule has 1 amide bonds. The van der Waals surface area contributed by atoms with E-state index in [1.165, 1.54) is 0 Å². The highest BCUT2D eigenvalue weighted by molar-refractivity contribution is 6.30. The average Bonchev–Trinajstić information content (AvgIpc) is 2.62. The molecule has 0 saturated heterocycles. The lowest BCUT2D eigenvalue weighted by Gasteiger charge is -2.21. The van der Waals surface area contributed by atoms with Crippen molar-refractivity contribution in [1.82, 2.24) is 0 Å². The van der Waals surface area contributed by atoms with Crippen LogP contribution in [0.4, 0.5) is 5.69 Å². The number of hydrogen-bond donors (Lipinski definition) is 2. The van der Waals surface area contributed by atoms with Gasteiger partial charge in [0.05, 0.1) is 14.2 Å². The third kappa shape index (κ3) is 5.96. The van der Waals surface area contributed by atoms with Gasteiger partial charge in [-0.2, -0.15) is 0 Å². The minimum absolute atomic E-state index is 0.0442. The van der Waals surface area contributed by atoms with E-state index >= 15 is 0 Å². The molecule has 0 saturated carbocycles.